The highest BCUT2D eigenvalue weighted by Crippen LogP contribution is 2.49. The Hall–Kier alpha value is -2.92. The van der Waals surface area contributed by atoms with E-state index in [0.29, 0.717) is 0 Å². The number of rotatable bonds is 12. The van der Waals surface area contributed by atoms with E-state index in [9.17, 15) is 121 Å². The van der Waals surface area contributed by atoms with E-state index < -0.39 is 124 Å². The molecule has 0 aromatic carbocycles. The second-order valence-electron chi connectivity index (χ2n) is 14.8. The van der Waals surface area contributed by atoms with Crippen molar-refractivity contribution in [1.29, 1.82) is 0 Å². The van der Waals surface area contributed by atoms with Crippen molar-refractivity contribution in [1.82, 2.24) is 0 Å². The van der Waals surface area contributed by atoms with Crippen LogP contribution in [0.25, 0.3) is 0 Å². The zero-order valence-electron chi connectivity index (χ0n) is 31.1. The zero-order valence-corrected chi connectivity index (χ0v) is 32.2. The summed E-state index contributed by atoms with van der Waals surface area (Å²) < 4.78 is 258. The molecule has 339 valence electrons. The van der Waals surface area contributed by atoms with E-state index in [4.69, 9.17) is 0 Å². The summed E-state index contributed by atoms with van der Waals surface area (Å²) in [5.74, 6) is -49.2. The van der Waals surface area contributed by atoms with Crippen LogP contribution in [-0.2, 0) is 28.8 Å². The van der Waals surface area contributed by atoms with Crippen molar-refractivity contribution in [2.24, 2.45) is 16.2 Å². The SMILES string of the molecule is CC(C)(C)C(=O)CC(=O)C(F)(F)C(F)(F)C(F)(F)F.CC(C)(C)C(=O)CC(=O)C(F)(F)C(F)(F)C(F)(F)F.CC(C)(C)C(=O)CC(=O)C(F)(F)C(F)(F)C(F)(F)F.[Al]. The second-order valence-corrected chi connectivity index (χ2v) is 14.8. The van der Waals surface area contributed by atoms with Gasteiger partial charge in [-0.25, -0.2) is 0 Å². The molecule has 58 heavy (non-hydrogen) atoms. The molecule has 0 aromatic heterocycles. The van der Waals surface area contributed by atoms with E-state index in [2.05, 4.69) is 0 Å². The van der Waals surface area contributed by atoms with E-state index >= 15 is 0 Å². The van der Waals surface area contributed by atoms with Gasteiger partial charge in [0, 0.05) is 33.6 Å². The summed E-state index contributed by atoms with van der Waals surface area (Å²) in [7, 11) is 0. The molecule has 0 aliphatic heterocycles. The van der Waals surface area contributed by atoms with E-state index in [1.54, 1.807) is 0 Å². The molecule has 6 nitrogen and oxygen atoms in total. The highest BCUT2D eigenvalue weighted by atomic mass is 27.0. The number of Topliss-reactive ketones (excluding diaryl/α,β-unsaturated/α-hetero) is 6. The van der Waals surface area contributed by atoms with Crippen molar-refractivity contribution >= 4 is 52.1 Å². The van der Waals surface area contributed by atoms with Crippen molar-refractivity contribution in [3.05, 3.63) is 0 Å². The van der Waals surface area contributed by atoms with Crippen LogP contribution < -0.4 is 0 Å². The highest BCUT2D eigenvalue weighted by Gasteiger charge is 2.78. The first-order chi connectivity index (χ1) is 24.1. The van der Waals surface area contributed by atoms with Crippen LogP contribution in [0.5, 0.6) is 0 Å². The van der Waals surface area contributed by atoms with E-state index in [-0.39, 0.29) is 17.4 Å². The monoisotopic (exact) mass is 915 g/mol. The Bertz CT molecular complexity index is 1310. The van der Waals surface area contributed by atoms with Crippen LogP contribution in [0, 0.1) is 16.2 Å². The molecule has 0 amide bonds. The molecular formula is C30H33AlF21O6. The van der Waals surface area contributed by atoms with Gasteiger partial charge in [-0.1, -0.05) is 62.3 Å². The first-order valence-electron chi connectivity index (χ1n) is 14.8. The van der Waals surface area contributed by atoms with Crippen LogP contribution in [0.1, 0.15) is 81.6 Å². The molecule has 0 aliphatic carbocycles. The standard InChI is InChI=1S/3C10H11F7O2.Al/c3*1-7(2,3)5(18)4-6(19)8(11,12)9(13,14)10(15,16)17;/h3*4H2,1-3H3;. The topological polar surface area (TPSA) is 102 Å². The third-order valence-corrected chi connectivity index (χ3v) is 6.77. The molecule has 0 atom stereocenters. The molecule has 0 fully saturated rings. The van der Waals surface area contributed by atoms with Crippen molar-refractivity contribution in [2.45, 2.75) is 136 Å². The average molecular weight is 916 g/mol. The van der Waals surface area contributed by atoms with Gasteiger partial charge >= 0.3 is 54.1 Å². The van der Waals surface area contributed by atoms with Crippen LogP contribution in [0.2, 0.25) is 0 Å². The molecule has 0 N–H and O–H groups in total. The minimum Gasteiger partial charge on any atom is -0.299 e. The van der Waals surface area contributed by atoms with Crippen LogP contribution in [0.3, 0.4) is 0 Å². The lowest BCUT2D eigenvalue weighted by atomic mass is 9.86. The smallest absolute Gasteiger partial charge is 0.299 e. The van der Waals surface area contributed by atoms with E-state index in [1.165, 1.54) is 62.3 Å². The minimum absolute atomic E-state index is 0. The first-order valence-corrected chi connectivity index (χ1v) is 14.8. The van der Waals surface area contributed by atoms with Gasteiger partial charge in [-0.15, -0.1) is 0 Å². The minimum atomic E-state index is -6.59. The number of carbonyl (C=O) groups is 6. The fraction of sp³-hybridized carbons (Fsp3) is 0.800. The van der Waals surface area contributed by atoms with Gasteiger partial charge in [0.25, 0.3) is 0 Å². The Morgan fingerprint density at radius 3 is 0.483 bits per heavy atom. The molecule has 0 heterocycles. The molecule has 3 radical (unpaired) electrons. The third kappa shape index (κ3) is 14.7. The molecule has 0 saturated heterocycles. The van der Waals surface area contributed by atoms with Gasteiger partial charge in [0.15, 0.2) is 0 Å². The van der Waals surface area contributed by atoms with Crippen LogP contribution in [0.15, 0.2) is 0 Å². The molecule has 0 rings (SSSR count). The molecule has 0 bridgehead atoms. The maximum absolute atomic E-state index is 12.9. The molecule has 28 heteroatoms. The summed E-state index contributed by atoms with van der Waals surface area (Å²) in [5, 5.41) is 0. The summed E-state index contributed by atoms with van der Waals surface area (Å²) in [6, 6.07) is 0. The van der Waals surface area contributed by atoms with Gasteiger partial charge < -0.3 is 0 Å². The Balaban J connectivity index is -0.000000374. The lowest BCUT2D eigenvalue weighted by molar-refractivity contribution is -0.343. The number of hydrogen-bond acceptors (Lipinski definition) is 6. The zero-order chi connectivity index (χ0) is 47.6. The average Bonchev–Trinajstić information content (AvgIpc) is 2.93. The molecule has 0 saturated carbocycles. The normalized spacial score (nSPS) is 14.2. The van der Waals surface area contributed by atoms with Crippen LogP contribution in [-0.4, -0.2) is 106 Å². The van der Waals surface area contributed by atoms with Crippen molar-refractivity contribution in [2.75, 3.05) is 0 Å². The largest absolute Gasteiger partial charge is 0.460 e. The lowest BCUT2D eigenvalue weighted by Crippen LogP contribution is -2.56. The van der Waals surface area contributed by atoms with Crippen LogP contribution in [0.4, 0.5) is 92.2 Å². The van der Waals surface area contributed by atoms with E-state index in [1.807, 2.05) is 0 Å². The maximum atomic E-state index is 12.9. The predicted molar refractivity (Wildman–Crippen MR) is 156 cm³/mol. The van der Waals surface area contributed by atoms with Crippen molar-refractivity contribution < 1.29 is 121 Å². The summed E-state index contributed by atoms with van der Waals surface area (Å²) in [6.45, 7) is 10.9. The van der Waals surface area contributed by atoms with Crippen LogP contribution >= 0.6 is 0 Å². The number of halogens is 21. The van der Waals surface area contributed by atoms with Gasteiger partial charge in [0.1, 0.15) is 17.3 Å². The van der Waals surface area contributed by atoms with Gasteiger partial charge in [-0.05, 0) is 0 Å². The third-order valence-electron chi connectivity index (χ3n) is 6.77. The Morgan fingerprint density at radius 1 is 0.276 bits per heavy atom. The quantitative estimate of drug-likeness (QED) is 0.110. The number of carbonyl (C=O) groups excluding carboxylic acids is 6. The van der Waals surface area contributed by atoms with Gasteiger partial charge in [-0.2, -0.15) is 92.2 Å². The fourth-order valence-electron chi connectivity index (χ4n) is 2.63. The van der Waals surface area contributed by atoms with Crippen molar-refractivity contribution in [3.63, 3.8) is 0 Å². The highest BCUT2D eigenvalue weighted by molar-refractivity contribution is 6.06. The number of ketones is 6. The van der Waals surface area contributed by atoms with Crippen molar-refractivity contribution in [3.8, 4) is 0 Å². The number of hydrogen-bond donors (Lipinski definition) is 0. The first kappa shape index (κ1) is 61.7. The summed E-state index contributed by atoms with van der Waals surface area (Å²) in [6.07, 6.45) is -24.8. The Kier molecular flexibility index (Phi) is 20.0. The number of alkyl halides is 21. The maximum Gasteiger partial charge on any atom is 0.460 e. The molecular weight excluding hydrogens is 882 g/mol. The van der Waals surface area contributed by atoms with Gasteiger partial charge in [0.2, 0.25) is 17.3 Å². The Labute approximate surface area is 325 Å². The molecule has 0 unspecified atom stereocenters. The van der Waals surface area contributed by atoms with E-state index in [0.717, 1.165) is 0 Å². The predicted octanol–water partition coefficient (Wildman–Crippen LogP) is 9.80. The Morgan fingerprint density at radius 2 is 0.397 bits per heavy atom. The van der Waals surface area contributed by atoms with Gasteiger partial charge in [-0.3, -0.25) is 28.8 Å². The summed E-state index contributed by atoms with van der Waals surface area (Å²) in [4.78, 5) is 66.2. The summed E-state index contributed by atoms with van der Waals surface area (Å²) in [5.41, 5.74) is -3.92. The molecule has 0 spiro atoms. The molecule has 0 aliphatic rings. The second kappa shape index (κ2) is 18.8. The summed E-state index contributed by atoms with van der Waals surface area (Å²) >= 11 is 0. The van der Waals surface area contributed by atoms with Gasteiger partial charge in [0.05, 0.1) is 19.3 Å². The molecule has 0 aromatic rings. The lowest BCUT2D eigenvalue weighted by Gasteiger charge is -2.27. The fourth-order valence-corrected chi connectivity index (χ4v) is 2.63.